The van der Waals surface area contributed by atoms with Gasteiger partial charge in [0.25, 0.3) is 0 Å². The molecule has 2 unspecified atom stereocenters. The van der Waals surface area contributed by atoms with E-state index in [1.165, 1.54) is 0 Å². The van der Waals surface area contributed by atoms with Gasteiger partial charge in [0.05, 0.1) is 18.6 Å². The third-order valence-electron chi connectivity index (χ3n) is 2.93. The van der Waals surface area contributed by atoms with Gasteiger partial charge in [-0.25, -0.2) is 0 Å². The first-order chi connectivity index (χ1) is 8.51. The Morgan fingerprint density at radius 1 is 1.44 bits per heavy atom. The molecule has 1 aromatic carbocycles. The van der Waals surface area contributed by atoms with Crippen molar-refractivity contribution in [1.82, 2.24) is 0 Å². The van der Waals surface area contributed by atoms with Gasteiger partial charge in [-0.15, -0.1) is 0 Å². The summed E-state index contributed by atoms with van der Waals surface area (Å²) in [5.74, 6) is -0.849. The Balaban J connectivity index is 2.92. The lowest BCUT2D eigenvalue weighted by Gasteiger charge is -2.20. The molecule has 0 heterocycles. The third kappa shape index (κ3) is 3.56. The highest BCUT2D eigenvalue weighted by Crippen LogP contribution is 2.28. The maximum atomic E-state index is 11.7. The molecule has 100 valence electrons. The predicted octanol–water partition coefficient (Wildman–Crippen LogP) is 3.38. The molecule has 0 amide bonds. The van der Waals surface area contributed by atoms with E-state index < -0.39 is 12.0 Å². The van der Waals surface area contributed by atoms with Crippen molar-refractivity contribution in [1.29, 1.82) is 0 Å². The number of carbonyl (C=O) groups is 1. The van der Waals surface area contributed by atoms with Crippen molar-refractivity contribution < 1.29 is 14.6 Å². The van der Waals surface area contributed by atoms with E-state index in [-0.39, 0.29) is 5.97 Å². The first-order valence-electron chi connectivity index (χ1n) is 6.12. The number of esters is 1. The Morgan fingerprint density at radius 2 is 2.11 bits per heavy atom. The highest BCUT2D eigenvalue weighted by Gasteiger charge is 2.27. The van der Waals surface area contributed by atoms with Crippen molar-refractivity contribution in [3.63, 3.8) is 0 Å². The minimum absolute atomic E-state index is 0.335. The van der Waals surface area contributed by atoms with Crippen molar-refractivity contribution in [3.8, 4) is 0 Å². The number of rotatable bonds is 5. The van der Waals surface area contributed by atoms with Crippen LogP contribution in [0.3, 0.4) is 0 Å². The molecule has 1 aromatic rings. The molecule has 1 rings (SSSR count). The molecule has 2 atom stereocenters. The number of aliphatic hydroxyl groups is 1. The van der Waals surface area contributed by atoms with E-state index in [9.17, 15) is 9.90 Å². The van der Waals surface area contributed by atoms with Crippen LogP contribution in [0.4, 0.5) is 0 Å². The summed E-state index contributed by atoms with van der Waals surface area (Å²) in [7, 11) is 0. The van der Waals surface area contributed by atoms with Crippen molar-refractivity contribution in [2.24, 2.45) is 5.92 Å². The summed E-state index contributed by atoms with van der Waals surface area (Å²) in [4.78, 5) is 11.7. The van der Waals surface area contributed by atoms with Crippen molar-refractivity contribution in [3.05, 3.63) is 33.8 Å². The van der Waals surface area contributed by atoms with Gasteiger partial charge in [-0.3, -0.25) is 4.79 Å². The third-order valence-corrected chi connectivity index (χ3v) is 3.82. The number of ether oxygens (including phenoxy) is 1. The van der Waals surface area contributed by atoms with Gasteiger partial charge in [0.2, 0.25) is 0 Å². The van der Waals surface area contributed by atoms with Crippen molar-refractivity contribution in [2.75, 3.05) is 6.61 Å². The largest absolute Gasteiger partial charge is 0.466 e. The van der Waals surface area contributed by atoms with E-state index in [4.69, 9.17) is 4.74 Å². The number of aryl methyl sites for hydroxylation is 1. The van der Waals surface area contributed by atoms with E-state index in [0.717, 1.165) is 15.6 Å². The van der Waals surface area contributed by atoms with E-state index in [0.29, 0.717) is 13.0 Å². The molecular formula is C14H19BrO3. The lowest BCUT2D eigenvalue weighted by atomic mass is 9.93. The van der Waals surface area contributed by atoms with Crippen LogP contribution in [0.1, 0.15) is 37.5 Å². The maximum absolute atomic E-state index is 11.7. The molecule has 0 radical (unpaired) electrons. The van der Waals surface area contributed by atoms with Gasteiger partial charge in [0, 0.05) is 4.47 Å². The summed E-state index contributed by atoms with van der Waals surface area (Å²) in [6.45, 7) is 5.92. The molecule has 0 saturated carbocycles. The van der Waals surface area contributed by atoms with Gasteiger partial charge in [-0.2, -0.15) is 0 Å². The van der Waals surface area contributed by atoms with Crippen LogP contribution < -0.4 is 0 Å². The zero-order valence-electron chi connectivity index (χ0n) is 10.9. The smallest absolute Gasteiger partial charge is 0.311 e. The van der Waals surface area contributed by atoms with E-state index in [1.807, 2.05) is 32.0 Å². The molecule has 0 aliphatic heterocycles. The fraction of sp³-hybridized carbons (Fsp3) is 0.500. The topological polar surface area (TPSA) is 46.5 Å². The van der Waals surface area contributed by atoms with Crippen molar-refractivity contribution >= 4 is 21.9 Å². The fourth-order valence-corrected chi connectivity index (χ4v) is 2.10. The van der Waals surface area contributed by atoms with E-state index in [1.54, 1.807) is 6.92 Å². The van der Waals surface area contributed by atoms with Gasteiger partial charge in [-0.05, 0) is 37.5 Å². The lowest BCUT2D eigenvalue weighted by Crippen LogP contribution is -2.24. The Kier molecular flexibility index (Phi) is 5.82. The van der Waals surface area contributed by atoms with Crippen LogP contribution >= 0.6 is 15.9 Å². The molecule has 0 fully saturated rings. The number of benzene rings is 1. The van der Waals surface area contributed by atoms with Crippen LogP contribution in [-0.2, 0) is 9.53 Å². The second-order valence-corrected chi connectivity index (χ2v) is 5.07. The normalized spacial score (nSPS) is 14.1. The van der Waals surface area contributed by atoms with Gasteiger partial charge >= 0.3 is 5.97 Å². The Morgan fingerprint density at radius 3 is 2.61 bits per heavy atom. The second kappa shape index (κ2) is 6.90. The lowest BCUT2D eigenvalue weighted by molar-refractivity contribution is -0.152. The predicted molar refractivity (Wildman–Crippen MR) is 74.3 cm³/mol. The SMILES string of the molecule is CCOC(=O)C(CC)C(O)c1ccc(Br)c(C)c1. The first kappa shape index (κ1) is 15.2. The summed E-state index contributed by atoms with van der Waals surface area (Å²) >= 11 is 3.41. The van der Waals surface area contributed by atoms with Gasteiger partial charge in [-0.1, -0.05) is 35.0 Å². The average Bonchev–Trinajstić information content (AvgIpc) is 2.33. The second-order valence-electron chi connectivity index (χ2n) is 4.22. The fourth-order valence-electron chi connectivity index (χ4n) is 1.85. The summed E-state index contributed by atoms with van der Waals surface area (Å²) in [6.07, 6.45) is -0.268. The minimum Gasteiger partial charge on any atom is -0.466 e. The highest BCUT2D eigenvalue weighted by atomic mass is 79.9. The average molecular weight is 315 g/mol. The number of carbonyl (C=O) groups excluding carboxylic acids is 1. The monoisotopic (exact) mass is 314 g/mol. The number of hydrogen-bond donors (Lipinski definition) is 1. The van der Waals surface area contributed by atoms with Crippen LogP contribution in [0.25, 0.3) is 0 Å². The van der Waals surface area contributed by atoms with Crippen molar-refractivity contribution in [2.45, 2.75) is 33.3 Å². The molecule has 4 heteroatoms. The van der Waals surface area contributed by atoms with Gasteiger partial charge < -0.3 is 9.84 Å². The molecular weight excluding hydrogens is 296 g/mol. The van der Waals surface area contributed by atoms with E-state index >= 15 is 0 Å². The summed E-state index contributed by atoms with van der Waals surface area (Å²) in [5.41, 5.74) is 1.78. The number of halogens is 1. The quantitative estimate of drug-likeness (QED) is 0.847. The number of aliphatic hydroxyl groups excluding tert-OH is 1. The minimum atomic E-state index is -0.819. The van der Waals surface area contributed by atoms with Crippen LogP contribution in [0.5, 0.6) is 0 Å². The Labute approximate surface area is 116 Å². The first-order valence-corrected chi connectivity index (χ1v) is 6.91. The Bertz CT molecular complexity index is 418. The molecule has 0 spiro atoms. The van der Waals surface area contributed by atoms with Gasteiger partial charge in [0.15, 0.2) is 0 Å². The maximum Gasteiger partial charge on any atom is 0.311 e. The standard InChI is InChI=1S/C14H19BrO3/c1-4-11(14(17)18-5-2)13(16)10-6-7-12(15)9(3)8-10/h6-8,11,13,16H,4-5H2,1-3H3. The zero-order valence-corrected chi connectivity index (χ0v) is 12.5. The molecule has 0 aliphatic rings. The molecule has 0 aromatic heterocycles. The summed E-state index contributed by atoms with van der Waals surface area (Å²) in [6, 6.07) is 5.59. The molecule has 0 bridgehead atoms. The van der Waals surface area contributed by atoms with Crippen LogP contribution in [0.15, 0.2) is 22.7 Å². The molecule has 0 saturated heterocycles. The van der Waals surface area contributed by atoms with E-state index in [2.05, 4.69) is 15.9 Å². The number of hydrogen-bond acceptors (Lipinski definition) is 3. The van der Waals surface area contributed by atoms with Crippen LogP contribution in [0.2, 0.25) is 0 Å². The molecule has 0 aliphatic carbocycles. The van der Waals surface area contributed by atoms with Crippen LogP contribution in [-0.4, -0.2) is 17.7 Å². The molecule has 3 nitrogen and oxygen atoms in total. The summed E-state index contributed by atoms with van der Waals surface area (Å²) in [5, 5.41) is 10.3. The molecule has 18 heavy (non-hydrogen) atoms. The zero-order chi connectivity index (χ0) is 13.7. The molecule has 1 N–H and O–H groups in total. The summed E-state index contributed by atoms with van der Waals surface area (Å²) < 4.78 is 5.97. The Hall–Kier alpha value is -0.870. The van der Waals surface area contributed by atoms with Gasteiger partial charge in [0.1, 0.15) is 0 Å². The van der Waals surface area contributed by atoms with Crippen LogP contribution in [0, 0.1) is 12.8 Å². The highest BCUT2D eigenvalue weighted by molar-refractivity contribution is 9.10.